The van der Waals surface area contributed by atoms with E-state index in [0.29, 0.717) is 24.9 Å². The minimum Gasteiger partial charge on any atom is -0.493 e. The molecule has 114 valence electrons. The van der Waals surface area contributed by atoms with Crippen molar-refractivity contribution in [1.29, 1.82) is 0 Å². The first-order valence-corrected chi connectivity index (χ1v) is 7.49. The van der Waals surface area contributed by atoms with E-state index in [1.165, 1.54) is 19.3 Å². The summed E-state index contributed by atoms with van der Waals surface area (Å²) >= 11 is 0. The van der Waals surface area contributed by atoms with E-state index in [-0.39, 0.29) is 0 Å². The van der Waals surface area contributed by atoms with E-state index in [4.69, 9.17) is 14.6 Å². The summed E-state index contributed by atoms with van der Waals surface area (Å²) in [6.45, 7) is 3.40. The Bertz CT molecular complexity index is 504. The van der Waals surface area contributed by atoms with Crippen molar-refractivity contribution in [2.24, 2.45) is 5.92 Å². The number of rotatable bonds is 8. The third kappa shape index (κ3) is 4.81. The number of carboxylic acid groups (broad SMARTS) is 1. The summed E-state index contributed by atoms with van der Waals surface area (Å²) in [6, 6.07) is 5.52. The lowest BCUT2D eigenvalue weighted by molar-refractivity contribution is -0.131. The van der Waals surface area contributed by atoms with E-state index in [9.17, 15) is 4.79 Å². The molecule has 0 bridgehead atoms. The lowest BCUT2D eigenvalue weighted by Gasteiger charge is -2.25. The Labute approximate surface area is 125 Å². The van der Waals surface area contributed by atoms with E-state index in [1.807, 2.05) is 18.2 Å². The highest BCUT2D eigenvalue weighted by molar-refractivity contribution is 5.86. The fourth-order valence-corrected chi connectivity index (χ4v) is 2.12. The van der Waals surface area contributed by atoms with Crippen LogP contribution in [0.25, 0.3) is 6.08 Å². The highest BCUT2D eigenvalue weighted by atomic mass is 16.5. The second-order valence-corrected chi connectivity index (χ2v) is 5.33. The molecule has 0 heterocycles. The first-order valence-electron chi connectivity index (χ1n) is 7.49. The van der Waals surface area contributed by atoms with E-state index in [0.717, 1.165) is 23.8 Å². The van der Waals surface area contributed by atoms with Gasteiger partial charge in [0.15, 0.2) is 0 Å². The predicted octanol–water partition coefficient (Wildman–Crippen LogP) is 3.75. The van der Waals surface area contributed by atoms with E-state index in [1.54, 1.807) is 6.08 Å². The van der Waals surface area contributed by atoms with Gasteiger partial charge in [-0.1, -0.05) is 13.3 Å². The predicted molar refractivity (Wildman–Crippen MR) is 81.7 cm³/mol. The maximum Gasteiger partial charge on any atom is 0.328 e. The fraction of sp³-hybridized carbons (Fsp3) is 0.471. The summed E-state index contributed by atoms with van der Waals surface area (Å²) < 4.78 is 11.5. The van der Waals surface area contributed by atoms with Crippen molar-refractivity contribution in [2.75, 3.05) is 13.2 Å². The molecule has 1 aromatic carbocycles. The molecule has 4 heteroatoms. The molecular formula is C17H22O4. The molecule has 0 atom stereocenters. The van der Waals surface area contributed by atoms with E-state index in [2.05, 4.69) is 6.92 Å². The third-order valence-electron chi connectivity index (χ3n) is 3.56. The van der Waals surface area contributed by atoms with Gasteiger partial charge in [0.1, 0.15) is 11.5 Å². The zero-order valence-corrected chi connectivity index (χ0v) is 12.4. The van der Waals surface area contributed by atoms with Crippen molar-refractivity contribution < 1.29 is 19.4 Å². The number of hydrogen-bond acceptors (Lipinski definition) is 3. The molecule has 0 aromatic heterocycles. The minimum atomic E-state index is -0.966. The average Bonchev–Trinajstić information content (AvgIpc) is 2.42. The topological polar surface area (TPSA) is 55.8 Å². The van der Waals surface area contributed by atoms with Gasteiger partial charge in [-0.25, -0.2) is 4.79 Å². The van der Waals surface area contributed by atoms with Crippen molar-refractivity contribution >= 4 is 12.0 Å². The normalized spacial score (nSPS) is 14.9. The molecule has 1 N–H and O–H groups in total. The van der Waals surface area contributed by atoms with Crippen molar-refractivity contribution in [2.45, 2.75) is 32.6 Å². The summed E-state index contributed by atoms with van der Waals surface area (Å²) in [5.74, 6) is 1.11. The van der Waals surface area contributed by atoms with Gasteiger partial charge in [0.05, 0.1) is 13.2 Å². The highest BCUT2D eigenvalue weighted by Crippen LogP contribution is 2.30. The average molecular weight is 290 g/mol. The number of benzene rings is 1. The van der Waals surface area contributed by atoms with Crippen LogP contribution in [0, 0.1) is 5.92 Å². The minimum absolute atomic E-state index is 0.626. The van der Waals surface area contributed by atoms with Crippen LogP contribution in [-0.4, -0.2) is 24.3 Å². The first kappa shape index (κ1) is 15.4. The Morgan fingerprint density at radius 3 is 2.81 bits per heavy atom. The monoisotopic (exact) mass is 290 g/mol. The fourth-order valence-electron chi connectivity index (χ4n) is 2.12. The van der Waals surface area contributed by atoms with E-state index >= 15 is 0 Å². The van der Waals surface area contributed by atoms with Crippen LogP contribution >= 0.6 is 0 Å². The van der Waals surface area contributed by atoms with Gasteiger partial charge in [0, 0.05) is 17.7 Å². The number of aliphatic carboxylic acids is 1. The van der Waals surface area contributed by atoms with Gasteiger partial charge < -0.3 is 14.6 Å². The number of carboxylic acids is 1. The Balaban J connectivity index is 2.10. The van der Waals surface area contributed by atoms with Crippen LogP contribution in [0.2, 0.25) is 0 Å². The zero-order chi connectivity index (χ0) is 15.1. The maximum atomic E-state index is 10.7. The second kappa shape index (κ2) is 7.72. The summed E-state index contributed by atoms with van der Waals surface area (Å²) in [7, 11) is 0. The van der Waals surface area contributed by atoms with Crippen LogP contribution in [0.5, 0.6) is 11.5 Å². The summed E-state index contributed by atoms with van der Waals surface area (Å²) in [5, 5.41) is 8.75. The summed E-state index contributed by atoms with van der Waals surface area (Å²) in [4.78, 5) is 10.7. The van der Waals surface area contributed by atoms with Gasteiger partial charge in [-0.05, 0) is 43.4 Å². The molecule has 2 rings (SSSR count). The van der Waals surface area contributed by atoms with Crippen LogP contribution in [0.1, 0.15) is 38.2 Å². The van der Waals surface area contributed by atoms with Crippen molar-refractivity contribution in [3.8, 4) is 11.5 Å². The number of carbonyl (C=O) groups is 1. The molecule has 1 aliphatic rings. The summed E-state index contributed by atoms with van der Waals surface area (Å²) in [5.41, 5.74) is 0.764. The maximum absolute atomic E-state index is 10.7. The van der Waals surface area contributed by atoms with Crippen molar-refractivity contribution in [3.05, 3.63) is 29.8 Å². The molecule has 0 aliphatic heterocycles. The summed E-state index contributed by atoms with van der Waals surface area (Å²) in [6.07, 6.45) is 7.33. The lowest BCUT2D eigenvalue weighted by Crippen LogP contribution is -2.19. The van der Waals surface area contributed by atoms with Crippen molar-refractivity contribution in [1.82, 2.24) is 0 Å². The van der Waals surface area contributed by atoms with Crippen LogP contribution in [0.4, 0.5) is 0 Å². The molecule has 1 saturated carbocycles. The molecule has 0 radical (unpaired) electrons. The molecular weight excluding hydrogens is 268 g/mol. The molecule has 0 spiro atoms. The SMILES string of the molecule is CCCOc1ccc(C=CC(=O)O)c(OCC2CCC2)c1. The van der Waals surface area contributed by atoms with Gasteiger partial charge >= 0.3 is 5.97 Å². The van der Waals surface area contributed by atoms with Crippen LogP contribution in [0.15, 0.2) is 24.3 Å². The third-order valence-corrected chi connectivity index (χ3v) is 3.56. The first-order chi connectivity index (χ1) is 10.2. The molecule has 0 unspecified atom stereocenters. The molecule has 1 aromatic rings. The van der Waals surface area contributed by atoms with Gasteiger partial charge in [0.25, 0.3) is 0 Å². The van der Waals surface area contributed by atoms with Gasteiger partial charge in [0.2, 0.25) is 0 Å². The standard InChI is InChI=1S/C17H22O4/c1-2-10-20-15-8-6-14(7-9-17(18)19)16(11-15)21-12-13-4-3-5-13/h6-9,11,13H,2-5,10,12H2,1H3,(H,18,19). The quantitative estimate of drug-likeness (QED) is 0.741. The van der Waals surface area contributed by atoms with Gasteiger partial charge in [-0.2, -0.15) is 0 Å². The Kier molecular flexibility index (Phi) is 5.67. The molecule has 0 amide bonds. The van der Waals surface area contributed by atoms with Crippen LogP contribution < -0.4 is 9.47 Å². The molecule has 4 nitrogen and oxygen atoms in total. The Morgan fingerprint density at radius 2 is 2.19 bits per heavy atom. The van der Waals surface area contributed by atoms with Crippen LogP contribution in [0.3, 0.4) is 0 Å². The van der Waals surface area contributed by atoms with E-state index < -0.39 is 5.97 Å². The lowest BCUT2D eigenvalue weighted by atomic mass is 9.86. The van der Waals surface area contributed by atoms with Crippen LogP contribution in [-0.2, 0) is 4.79 Å². The second-order valence-electron chi connectivity index (χ2n) is 5.33. The molecule has 21 heavy (non-hydrogen) atoms. The highest BCUT2D eigenvalue weighted by Gasteiger charge is 2.18. The largest absolute Gasteiger partial charge is 0.493 e. The van der Waals surface area contributed by atoms with Gasteiger partial charge in [-0.3, -0.25) is 0 Å². The Hall–Kier alpha value is -1.97. The molecule has 1 aliphatic carbocycles. The smallest absolute Gasteiger partial charge is 0.328 e. The molecule has 1 fully saturated rings. The zero-order valence-electron chi connectivity index (χ0n) is 12.4. The van der Waals surface area contributed by atoms with Gasteiger partial charge in [-0.15, -0.1) is 0 Å². The van der Waals surface area contributed by atoms with Crippen molar-refractivity contribution in [3.63, 3.8) is 0 Å². The Morgan fingerprint density at radius 1 is 1.38 bits per heavy atom. The number of hydrogen-bond donors (Lipinski definition) is 1. The number of ether oxygens (including phenoxy) is 2. The molecule has 0 saturated heterocycles.